The van der Waals surface area contributed by atoms with Gasteiger partial charge in [0.2, 0.25) is 0 Å². The number of nitrogens with zero attached hydrogens (tertiary/aromatic N) is 2. The summed E-state index contributed by atoms with van der Waals surface area (Å²) in [6, 6.07) is 9.89. The van der Waals surface area contributed by atoms with Crippen LogP contribution in [0, 0.1) is 11.8 Å². The van der Waals surface area contributed by atoms with E-state index in [1.165, 1.54) is 62.7 Å². The summed E-state index contributed by atoms with van der Waals surface area (Å²) < 4.78 is 0. The second kappa shape index (κ2) is 6.51. The number of nitrogens with one attached hydrogen (secondary N) is 1. The number of piperidine rings is 1. The van der Waals surface area contributed by atoms with Crippen molar-refractivity contribution in [3.8, 4) is 0 Å². The van der Waals surface area contributed by atoms with Crippen LogP contribution in [0.5, 0.6) is 0 Å². The van der Waals surface area contributed by atoms with Gasteiger partial charge in [0.05, 0.1) is 6.04 Å². The molecule has 4 heteroatoms. The Morgan fingerprint density at radius 1 is 1.19 bits per heavy atom. The highest BCUT2D eigenvalue weighted by atomic mass is 16.2. The zero-order chi connectivity index (χ0) is 18.6. The topological polar surface area (TPSA) is 35.6 Å². The summed E-state index contributed by atoms with van der Waals surface area (Å²) in [7, 11) is 3.64. The minimum absolute atomic E-state index is 0. The lowest BCUT2D eigenvalue weighted by atomic mass is 9.73. The van der Waals surface area contributed by atoms with Crippen molar-refractivity contribution in [3.05, 3.63) is 35.4 Å². The van der Waals surface area contributed by atoms with Crippen molar-refractivity contribution >= 4 is 6.03 Å². The molecule has 4 nitrogen and oxygen atoms in total. The van der Waals surface area contributed by atoms with Crippen LogP contribution in [0.15, 0.2) is 24.3 Å². The van der Waals surface area contributed by atoms with Gasteiger partial charge in [0.15, 0.2) is 0 Å². The molecule has 1 spiro atoms. The van der Waals surface area contributed by atoms with E-state index in [9.17, 15) is 4.79 Å². The number of urea groups is 1. The Labute approximate surface area is 164 Å². The lowest BCUT2D eigenvalue weighted by molar-refractivity contribution is 0.0812. The van der Waals surface area contributed by atoms with Gasteiger partial charge in [0, 0.05) is 27.0 Å². The minimum Gasteiger partial charge on any atom is -0.331 e. The highest BCUT2D eigenvalue weighted by molar-refractivity contribution is 5.74. The second-order valence-corrected chi connectivity index (χ2v) is 9.75. The van der Waals surface area contributed by atoms with E-state index in [2.05, 4.69) is 34.5 Å². The normalized spacial score (nSPS) is 34.0. The maximum atomic E-state index is 12.3. The van der Waals surface area contributed by atoms with Crippen LogP contribution in [0.25, 0.3) is 0 Å². The van der Waals surface area contributed by atoms with Gasteiger partial charge in [-0.1, -0.05) is 30.7 Å². The van der Waals surface area contributed by atoms with E-state index >= 15 is 0 Å². The number of fused-ring (bicyclic) bond motifs is 4. The van der Waals surface area contributed by atoms with Gasteiger partial charge < -0.3 is 15.1 Å². The minimum atomic E-state index is 0. The number of carbonyl (C=O) groups is 1. The van der Waals surface area contributed by atoms with Gasteiger partial charge in [0.1, 0.15) is 0 Å². The maximum Gasteiger partial charge on any atom is 0.317 e. The van der Waals surface area contributed by atoms with Crippen molar-refractivity contribution in [1.29, 1.82) is 0 Å². The van der Waals surface area contributed by atoms with Gasteiger partial charge in [-0.15, -0.1) is 0 Å². The lowest BCUT2D eigenvalue weighted by Crippen LogP contribution is -2.48. The first kappa shape index (κ1) is 17.5. The zero-order valence-corrected chi connectivity index (χ0v) is 16.8. The molecule has 3 aliphatic carbocycles. The van der Waals surface area contributed by atoms with E-state index in [0.29, 0.717) is 0 Å². The molecule has 1 N–H and O–H groups in total. The fourth-order valence-corrected chi connectivity index (χ4v) is 6.72. The first-order valence-corrected chi connectivity index (χ1v) is 10.9. The number of hydrogen-bond acceptors (Lipinski definition) is 2. The number of amides is 2. The van der Waals surface area contributed by atoms with Gasteiger partial charge in [-0.2, -0.15) is 0 Å². The summed E-state index contributed by atoms with van der Waals surface area (Å²) in [5.41, 5.74) is 3.11. The van der Waals surface area contributed by atoms with E-state index in [1.54, 1.807) is 4.90 Å². The third-order valence-electron chi connectivity index (χ3n) is 8.13. The van der Waals surface area contributed by atoms with Crippen LogP contribution in [0.1, 0.15) is 63.5 Å². The van der Waals surface area contributed by atoms with Crippen molar-refractivity contribution in [2.24, 2.45) is 11.8 Å². The van der Waals surface area contributed by atoms with E-state index in [1.807, 2.05) is 14.1 Å². The fourth-order valence-electron chi connectivity index (χ4n) is 6.72. The van der Waals surface area contributed by atoms with Crippen LogP contribution in [-0.2, 0) is 5.41 Å². The first-order chi connectivity index (χ1) is 13.1. The van der Waals surface area contributed by atoms with Crippen molar-refractivity contribution in [2.45, 2.75) is 62.4 Å². The molecule has 148 valence electrons. The van der Waals surface area contributed by atoms with Crippen molar-refractivity contribution in [1.82, 2.24) is 15.1 Å². The van der Waals surface area contributed by atoms with E-state index in [4.69, 9.17) is 0 Å². The molecule has 1 aromatic rings. The molecule has 2 bridgehead atoms. The summed E-state index contributed by atoms with van der Waals surface area (Å²) in [5.74, 6) is 2.00. The molecule has 4 atom stereocenters. The first-order valence-electron chi connectivity index (χ1n) is 10.9. The monoisotopic (exact) mass is 369 g/mol. The summed E-state index contributed by atoms with van der Waals surface area (Å²) >= 11 is 0. The molecule has 2 amide bonds. The van der Waals surface area contributed by atoms with E-state index < -0.39 is 0 Å². The predicted octanol–water partition coefficient (Wildman–Crippen LogP) is 4.17. The van der Waals surface area contributed by atoms with E-state index in [-0.39, 0.29) is 18.9 Å². The summed E-state index contributed by atoms with van der Waals surface area (Å²) in [5, 5.41) is 3.27. The molecule has 0 radical (unpaired) electrons. The standard InChI is InChI=1S/C23H33N3O.H2/c1-25(2)22(27)24-20-15-23(19-6-4-3-5-18(19)20)9-11-26(12-10-23)21-14-16-7-8-17(21)13-16;/h3-6,16-17,20-21H,7-15H2,1-2H3,(H,24,27);1H/t16?,17-,20+,21-;/m1./s1. The Bertz CT molecular complexity index is 728. The van der Waals surface area contributed by atoms with Crippen LogP contribution >= 0.6 is 0 Å². The molecule has 27 heavy (non-hydrogen) atoms. The quantitative estimate of drug-likeness (QED) is 0.849. The third-order valence-corrected chi connectivity index (χ3v) is 8.13. The summed E-state index contributed by atoms with van der Waals surface area (Å²) in [6.45, 7) is 2.47. The smallest absolute Gasteiger partial charge is 0.317 e. The number of carbonyl (C=O) groups excluding carboxylic acids is 1. The average Bonchev–Trinajstić information content (AvgIpc) is 3.38. The molecule has 1 aromatic carbocycles. The zero-order valence-electron chi connectivity index (χ0n) is 16.8. The Kier molecular flexibility index (Phi) is 4.23. The number of benzene rings is 1. The predicted molar refractivity (Wildman–Crippen MR) is 110 cm³/mol. The SMILES string of the molecule is CN(C)C(=O)N[C@H]1CC2(CCN([C@@H]3CC4CC[C@@H]3C4)CC2)c2ccccc21.[HH]. The van der Waals surface area contributed by atoms with Crippen LogP contribution in [0.3, 0.4) is 0 Å². The van der Waals surface area contributed by atoms with Crippen molar-refractivity contribution in [3.63, 3.8) is 0 Å². The van der Waals surface area contributed by atoms with Crippen LogP contribution in [0.4, 0.5) is 4.79 Å². The van der Waals surface area contributed by atoms with Gasteiger partial charge in [-0.05, 0) is 74.6 Å². The van der Waals surface area contributed by atoms with Gasteiger partial charge in [-0.3, -0.25) is 0 Å². The largest absolute Gasteiger partial charge is 0.331 e. The molecule has 1 aliphatic heterocycles. The molecule has 5 rings (SSSR count). The van der Waals surface area contributed by atoms with Crippen molar-refractivity contribution < 1.29 is 6.22 Å². The highest BCUT2D eigenvalue weighted by Gasteiger charge is 2.49. The number of hydrogen-bond donors (Lipinski definition) is 1. The van der Waals surface area contributed by atoms with E-state index in [0.717, 1.165) is 24.3 Å². The van der Waals surface area contributed by atoms with Gasteiger partial charge >= 0.3 is 6.03 Å². The summed E-state index contributed by atoms with van der Waals surface area (Å²) in [6.07, 6.45) is 9.45. The molecular weight excluding hydrogens is 334 g/mol. The Morgan fingerprint density at radius 2 is 1.96 bits per heavy atom. The Morgan fingerprint density at radius 3 is 2.63 bits per heavy atom. The summed E-state index contributed by atoms with van der Waals surface area (Å²) in [4.78, 5) is 16.8. The van der Waals surface area contributed by atoms with Crippen LogP contribution in [-0.4, -0.2) is 49.1 Å². The molecule has 1 saturated heterocycles. The molecule has 0 aromatic heterocycles. The lowest BCUT2D eigenvalue weighted by Gasteiger charge is -2.44. The fraction of sp³-hybridized carbons (Fsp3) is 0.696. The molecule has 4 aliphatic rings. The molecule has 2 saturated carbocycles. The molecule has 1 heterocycles. The van der Waals surface area contributed by atoms with Crippen LogP contribution in [0.2, 0.25) is 0 Å². The molecule has 1 unspecified atom stereocenters. The second-order valence-electron chi connectivity index (χ2n) is 9.75. The Balaban J connectivity index is 0.00000192. The Hall–Kier alpha value is -1.55. The average molecular weight is 370 g/mol. The number of likely N-dealkylation sites (tertiary alicyclic amines) is 1. The van der Waals surface area contributed by atoms with Gasteiger partial charge in [-0.25, -0.2) is 4.79 Å². The third kappa shape index (κ3) is 2.88. The molecular formula is C23H35N3O. The highest BCUT2D eigenvalue weighted by Crippen LogP contribution is 2.53. The molecule has 3 fully saturated rings. The number of rotatable bonds is 2. The van der Waals surface area contributed by atoms with Gasteiger partial charge in [0.25, 0.3) is 0 Å². The van der Waals surface area contributed by atoms with Crippen molar-refractivity contribution in [2.75, 3.05) is 27.2 Å². The maximum absolute atomic E-state index is 12.3. The van der Waals surface area contributed by atoms with Crippen LogP contribution < -0.4 is 5.32 Å².